The molecule has 0 amide bonds. The second-order valence-electron chi connectivity index (χ2n) is 4.35. The van der Waals surface area contributed by atoms with E-state index in [1.807, 2.05) is 0 Å². The van der Waals surface area contributed by atoms with Crippen LogP contribution in [-0.2, 0) is 19.6 Å². The van der Waals surface area contributed by atoms with Crippen LogP contribution in [0.1, 0.15) is 12.8 Å². The number of nitrogens with zero attached hydrogens (tertiary/aromatic N) is 1. The summed E-state index contributed by atoms with van der Waals surface area (Å²) in [6.07, 6.45) is 1.30. The fourth-order valence-corrected chi connectivity index (χ4v) is 2.90. The molecule has 2 unspecified atom stereocenters. The van der Waals surface area contributed by atoms with Crippen molar-refractivity contribution in [1.82, 2.24) is 9.71 Å². The number of pyridine rings is 1. The SMILES string of the molecule is O=C(O)C1CCC(CNS(=O)(=O)c2cncc(F)c2)O1. The summed E-state index contributed by atoms with van der Waals surface area (Å²) in [5, 5.41) is 8.75. The van der Waals surface area contributed by atoms with Crippen LogP contribution in [0.3, 0.4) is 0 Å². The summed E-state index contributed by atoms with van der Waals surface area (Å²) in [4.78, 5) is 13.9. The molecule has 0 bridgehead atoms. The van der Waals surface area contributed by atoms with Crippen LogP contribution in [0.4, 0.5) is 4.39 Å². The third-order valence-corrected chi connectivity index (χ3v) is 4.26. The first-order valence-corrected chi connectivity index (χ1v) is 7.35. The number of sulfonamides is 1. The highest BCUT2D eigenvalue weighted by Crippen LogP contribution is 2.19. The maximum absolute atomic E-state index is 12.9. The van der Waals surface area contributed by atoms with E-state index in [2.05, 4.69) is 9.71 Å². The monoisotopic (exact) mass is 304 g/mol. The first-order valence-electron chi connectivity index (χ1n) is 5.87. The summed E-state index contributed by atoms with van der Waals surface area (Å²) in [6, 6.07) is 0.852. The lowest BCUT2D eigenvalue weighted by molar-refractivity contribution is -0.149. The van der Waals surface area contributed by atoms with Crippen molar-refractivity contribution in [2.45, 2.75) is 29.9 Å². The molecular formula is C11H13FN2O5S. The maximum Gasteiger partial charge on any atom is 0.332 e. The van der Waals surface area contributed by atoms with Crippen LogP contribution in [0.5, 0.6) is 0 Å². The van der Waals surface area contributed by atoms with Gasteiger partial charge in [0.05, 0.1) is 12.3 Å². The number of rotatable bonds is 5. The van der Waals surface area contributed by atoms with E-state index < -0.39 is 34.0 Å². The van der Waals surface area contributed by atoms with Gasteiger partial charge in [0.25, 0.3) is 0 Å². The molecule has 0 aliphatic carbocycles. The Balaban J connectivity index is 1.95. The van der Waals surface area contributed by atoms with Crippen LogP contribution in [0.2, 0.25) is 0 Å². The number of aromatic nitrogens is 1. The standard InChI is InChI=1S/C11H13FN2O5S/c12-7-3-9(6-13-4-7)20(17,18)14-5-8-1-2-10(19-8)11(15)16/h3-4,6,8,10,14H,1-2,5H2,(H,15,16). The number of carboxylic acids is 1. The molecule has 0 saturated carbocycles. The number of halogens is 1. The Bertz CT molecular complexity index is 607. The summed E-state index contributed by atoms with van der Waals surface area (Å²) in [7, 11) is -3.89. The van der Waals surface area contributed by atoms with Crippen molar-refractivity contribution in [3.8, 4) is 0 Å². The number of carbonyl (C=O) groups is 1. The zero-order valence-electron chi connectivity index (χ0n) is 10.3. The minimum absolute atomic E-state index is 0.0668. The van der Waals surface area contributed by atoms with E-state index in [9.17, 15) is 17.6 Å². The number of hydrogen-bond acceptors (Lipinski definition) is 5. The zero-order chi connectivity index (χ0) is 14.8. The van der Waals surface area contributed by atoms with E-state index in [-0.39, 0.29) is 11.4 Å². The second-order valence-corrected chi connectivity index (χ2v) is 6.12. The highest BCUT2D eigenvalue weighted by Gasteiger charge is 2.31. The number of ether oxygens (including phenoxy) is 1. The van der Waals surface area contributed by atoms with Gasteiger partial charge in [-0.3, -0.25) is 4.98 Å². The van der Waals surface area contributed by atoms with Gasteiger partial charge in [0.15, 0.2) is 6.10 Å². The highest BCUT2D eigenvalue weighted by atomic mass is 32.2. The normalized spacial score (nSPS) is 22.9. The Morgan fingerprint density at radius 1 is 1.50 bits per heavy atom. The van der Waals surface area contributed by atoms with Crippen LogP contribution in [0, 0.1) is 5.82 Å². The van der Waals surface area contributed by atoms with Crippen LogP contribution >= 0.6 is 0 Å². The van der Waals surface area contributed by atoms with Crippen molar-refractivity contribution in [3.63, 3.8) is 0 Å². The van der Waals surface area contributed by atoms with Crippen LogP contribution in [-0.4, -0.2) is 43.2 Å². The van der Waals surface area contributed by atoms with Gasteiger partial charge in [-0.05, 0) is 18.9 Å². The fourth-order valence-electron chi connectivity index (χ4n) is 1.86. The molecule has 2 atom stereocenters. The number of carboxylic acid groups (broad SMARTS) is 1. The van der Waals surface area contributed by atoms with E-state index in [4.69, 9.17) is 9.84 Å². The Labute approximate surface area is 114 Å². The van der Waals surface area contributed by atoms with Gasteiger partial charge in [-0.2, -0.15) is 0 Å². The highest BCUT2D eigenvalue weighted by molar-refractivity contribution is 7.89. The molecule has 1 aliphatic heterocycles. The van der Waals surface area contributed by atoms with Gasteiger partial charge in [-0.15, -0.1) is 0 Å². The van der Waals surface area contributed by atoms with Gasteiger partial charge >= 0.3 is 5.97 Å². The molecule has 1 aromatic heterocycles. The third-order valence-electron chi connectivity index (χ3n) is 2.87. The molecule has 0 radical (unpaired) electrons. The van der Waals surface area contributed by atoms with Gasteiger partial charge in [-0.25, -0.2) is 22.3 Å². The molecule has 110 valence electrons. The predicted octanol–water partition coefficient (Wildman–Crippen LogP) is 0.131. The number of nitrogens with one attached hydrogen (secondary N) is 1. The Kier molecular flexibility index (Phi) is 4.31. The van der Waals surface area contributed by atoms with Gasteiger partial charge in [0, 0.05) is 12.7 Å². The van der Waals surface area contributed by atoms with Crippen molar-refractivity contribution in [2.24, 2.45) is 0 Å². The molecule has 2 heterocycles. The minimum Gasteiger partial charge on any atom is -0.479 e. The predicted molar refractivity (Wildman–Crippen MR) is 64.9 cm³/mol. The van der Waals surface area contributed by atoms with Gasteiger partial charge < -0.3 is 9.84 Å². The van der Waals surface area contributed by atoms with Crippen LogP contribution in [0.25, 0.3) is 0 Å². The average Bonchev–Trinajstić information content (AvgIpc) is 2.85. The van der Waals surface area contributed by atoms with E-state index in [0.717, 1.165) is 18.5 Å². The largest absolute Gasteiger partial charge is 0.479 e. The van der Waals surface area contributed by atoms with Crippen LogP contribution < -0.4 is 4.72 Å². The van der Waals surface area contributed by atoms with Crippen molar-refractivity contribution in [3.05, 3.63) is 24.3 Å². The van der Waals surface area contributed by atoms with Crippen molar-refractivity contribution in [2.75, 3.05) is 6.54 Å². The molecule has 1 aliphatic rings. The Morgan fingerprint density at radius 3 is 2.85 bits per heavy atom. The Morgan fingerprint density at radius 2 is 2.25 bits per heavy atom. The van der Waals surface area contributed by atoms with Crippen LogP contribution in [0.15, 0.2) is 23.4 Å². The number of aliphatic carboxylic acids is 1. The summed E-state index contributed by atoms with van der Waals surface area (Å²) in [6.45, 7) is -0.0668. The summed E-state index contributed by atoms with van der Waals surface area (Å²) in [5.74, 6) is -1.82. The average molecular weight is 304 g/mol. The summed E-state index contributed by atoms with van der Waals surface area (Å²) >= 11 is 0. The molecule has 1 aromatic rings. The molecule has 2 rings (SSSR count). The smallest absolute Gasteiger partial charge is 0.332 e. The molecule has 9 heteroatoms. The second kappa shape index (κ2) is 5.81. The van der Waals surface area contributed by atoms with Gasteiger partial charge in [-0.1, -0.05) is 0 Å². The van der Waals surface area contributed by atoms with Crippen molar-refractivity contribution >= 4 is 16.0 Å². The molecular weight excluding hydrogens is 291 g/mol. The first-order chi connectivity index (χ1) is 9.38. The van der Waals surface area contributed by atoms with Gasteiger partial charge in [0.1, 0.15) is 10.7 Å². The molecule has 1 fully saturated rings. The lowest BCUT2D eigenvalue weighted by Gasteiger charge is -2.12. The molecule has 7 nitrogen and oxygen atoms in total. The molecule has 2 N–H and O–H groups in total. The Hall–Kier alpha value is -1.58. The topological polar surface area (TPSA) is 106 Å². The molecule has 0 aromatic carbocycles. The van der Waals surface area contributed by atoms with Crippen molar-refractivity contribution in [1.29, 1.82) is 0 Å². The minimum atomic E-state index is -3.89. The first kappa shape index (κ1) is 14.8. The lowest BCUT2D eigenvalue weighted by Crippen LogP contribution is -2.33. The maximum atomic E-state index is 12.9. The quantitative estimate of drug-likeness (QED) is 0.801. The lowest BCUT2D eigenvalue weighted by atomic mass is 10.2. The van der Waals surface area contributed by atoms with E-state index in [1.54, 1.807) is 0 Å². The van der Waals surface area contributed by atoms with Gasteiger partial charge in [0.2, 0.25) is 10.0 Å². The molecule has 1 saturated heterocycles. The third kappa shape index (κ3) is 3.50. The van der Waals surface area contributed by atoms with E-state index in [0.29, 0.717) is 12.8 Å². The van der Waals surface area contributed by atoms with E-state index >= 15 is 0 Å². The summed E-state index contributed by atoms with van der Waals surface area (Å²) < 4.78 is 44.1. The van der Waals surface area contributed by atoms with E-state index in [1.165, 1.54) is 0 Å². The zero-order valence-corrected chi connectivity index (χ0v) is 11.1. The molecule has 0 spiro atoms. The summed E-state index contributed by atoms with van der Waals surface area (Å²) in [5.41, 5.74) is 0. The van der Waals surface area contributed by atoms with Crippen molar-refractivity contribution < 1.29 is 27.4 Å². The number of hydrogen-bond donors (Lipinski definition) is 2. The molecule has 20 heavy (non-hydrogen) atoms. The fraction of sp³-hybridized carbons (Fsp3) is 0.455.